The summed E-state index contributed by atoms with van der Waals surface area (Å²) in [6.07, 6.45) is 0. The van der Waals surface area contributed by atoms with Crippen LogP contribution < -0.4 is 10.5 Å². The Kier molecular flexibility index (Phi) is 4.77. The molecule has 0 aliphatic heterocycles. The molecule has 0 aromatic heterocycles. The van der Waals surface area contributed by atoms with Gasteiger partial charge in [0.2, 0.25) is 0 Å². The SMILES string of the molecule is COc1c(C)cc(C(C(C)N)N(C)C)c(C)c1C. The van der Waals surface area contributed by atoms with Crippen molar-refractivity contribution in [3.8, 4) is 5.75 Å². The van der Waals surface area contributed by atoms with E-state index in [1.807, 2.05) is 0 Å². The van der Waals surface area contributed by atoms with E-state index in [1.165, 1.54) is 22.3 Å². The van der Waals surface area contributed by atoms with Crippen LogP contribution >= 0.6 is 0 Å². The molecule has 1 aromatic rings. The highest BCUT2D eigenvalue weighted by Gasteiger charge is 2.23. The normalized spacial score (nSPS) is 14.7. The van der Waals surface area contributed by atoms with Crippen molar-refractivity contribution < 1.29 is 4.74 Å². The quantitative estimate of drug-likeness (QED) is 0.892. The Morgan fingerprint density at radius 1 is 1.17 bits per heavy atom. The highest BCUT2D eigenvalue weighted by molar-refractivity contribution is 5.50. The van der Waals surface area contributed by atoms with Gasteiger partial charge in [-0.25, -0.2) is 0 Å². The molecule has 102 valence electrons. The second kappa shape index (κ2) is 5.72. The molecule has 0 aliphatic carbocycles. The Morgan fingerprint density at radius 2 is 1.72 bits per heavy atom. The number of hydrogen-bond donors (Lipinski definition) is 1. The van der Waals surface area contributed by atoms with Crippen LogP contribution in [0.25, 0.3) is 0 Å². The third-order valence-corrected chi connectivity index (χ3v) is 3.64. The predicted molar refractivity (Wildman–Crippen MR) is 77.3 cm³/mol. The first-order valence-electron chi connectivity index (χ1n) is 6.38. The Labute approximate surface area is 111 Å². The highest BCUT2D eigenvalue weighted by Crippen LogP contribution is 2.33. The van der Waals surface area contributed by atoms with Crippen LogP contribution in [0, 0.1) is 20.8 Å². The van der Waals surface area contributed by atoms with Crippen LogP contribution in [0.1, 0.15) is 35.2 Å². The van der Waals surface area contributed by atoms with Gasteiger partial charge in [-0.1, -0.05) is 6.07 Å². The molecule has 2 atom stereocenters. The summed E-state index contributed by atoms with van der Waals surface area (Å²) in [5, 5.41) is 0. The lowest BCUT2D eigenvalue weighted by Crippen LogP contribution is -2.35. The maximum Gasteiger partial charge on any atom is 0.124 e. The van der Waals surface area contributed by atoms with E-state index < -0.39 is 0 Å². The van der Waals surface area contributed by atoms with Gasteiger partial charge < -0.3 is 15.4 Å². The molecule has 1 aromatic carbocycles. The molecule has 1 rings (SSSR count). The lowest BCUT2D eigenvalue weighted by molar-refractivity contribution is 0.265. The van der Waals surface area contributed by atoms with E-state index in [0.717, 1.165) is 5.75 Å². The summed E-state index contributed by atoms with van der Waals surface area (Å²) in [5.41, 5.74) is 11.1. The fourth-order valence-electron chi connectivity index (χ4n) is 2.74. The number of nitrogens with zero attached hydrogens (tertiary/aromatic N) is 1. The molecule has 18 heavy (non-hydrogen) atoms. The third-order valence-electron chi connectivity index (χ3n) is 3.64. The van der Waals surface area contributed by atoms with Gasteiger partial charge in [-0.2, -0.15) is 0 Å². The molecule has 0 amide bonds. The number of methoxy groups -OCH3 is 1. The molecule has 0 bridgehead atoms. The van der Waals surface area contributed by atoms with E-state index >= 15 is 0 Å². The van der Waals surface area contributed by atoms with Gasteiger partial charge in [-0.3, -0.25) is 0 Å². The van der Waals surface area contributed by atoms with E-state index in [-0.39, 0.29) is 12.1 Å². The molecule has 0 aliphatic rings. The maximum absolute atomic E-state index is 6.14. The van der Waals surface area contributed by atoms with Gasteiger partial charge in [-0.05, 0) is 64.0 Å². The summed E-state index contributed by atoms with van der Waals surface area (Å²) in [6.45, 7) is 8.39. The Balaban J connectivity index is 3.41. The van der Waals surface area contributed by atoms with E-state index in [1.54, 1.807) is 7.11 Å². The average Bonchev–Trinajstić information content (AvgIpc) is 2.25. The van der Waals surface area contributed by atoms with Crippen LogP contribution in [0.4, 0.5) is 0 Å². The molecule has 0 radical (unpaired) electrons. The second-order valence-corrected chi connectivity index (χ2v) is 5.33. The number of rotatable bonds is 4. The number of ether oxygens (including phenoxy) is 1. The Hall–Kier alpha value is -1.06. The van der Waals surface area contributed by atoms with E-state index in [9.17, 15) is 0 Å². The number of aryl methyl sites for hydroxylation is 1. The predicted octanol–water partition coefficient (Wildman–Crippen LogP) is 2.57. The first-order valence-corrected chi connectivity index (χ1v) is 6.38. The number of hydrogen-bond acceptors (Lipinski definition) is 3. The standard InChI is InChI=1S/C15H26N2O/c1-9-8-13(14(12(4)16)17(5)6)10(2)11(3)15(9)18-7/h8,12,14H,16H2,1-7H3. The number of benzene rings is 1. The van der Waals surface area contributed by atoms with Gasteiger partial charge in [0.1, 0.15) is 5.75 Å². The fourth-order valence-corrected chi connectivity index (χ4v) is 2.74. The minimum atomic E-state index is 0.0888. The van der Waals surface area contributed by atoms with E-state index in [2.05, 4.69) is 52.8 Å². The number of nitrogens with two attached hydrogens (primary N) is 1. The zero-order valence-corrected chi connectivity index (χ0v) is 12.7. The molecule has 0 saturated carbocycles. The van der Waals surface area contributed by atoms with Crippen molar-refractivity contribution >= 4 is 0 Å². The molecule has 0 fully saturated rings. The molecule has 3 heteroatoms. The minimum absolute atomic E-state index is 0.0888. The van der Waals surface area contributed by atoms with Gasteiger partial charge in [-0.15, -0.1) is 0 Å². The van der Waals surface area contributed by atoms with Crippen LogP contribution in [-0.4, -0.2) is 32.1 Å². The summed E-state index contributed by atoms with van der Waals surface area (Å²) in [4.78, 5) is 2.18. The second-order valence-electron chi connectivity index (χ2n) is 5.33. The minimum Gasteiger partial charge on any atom is -0.496 e. The summed E-state index contributed by atoms with van der Waals surface area (Å²) >= 11 is 0. The van der Waals surface area contributed by atoms with Crippen LogP contribution in [-0.2, 0) is 0 Å². The van der Waals surface area contributed by atoms with Crippen LogP contribution in [0.5, 0.6) is 5.75 Å². The monoisotopic (exact) mass is 250 g/mol. The van der Waals surface area contributed by atoms with E-state index in [0.29, 0.717) is 0 Å². The van der Waals surface area contributed by atoms with Crippen LogP contribution in [0.15, 0.2) is 6.07 Å². The maximum atomic E-state index is 6.14. The Bertz CT molecular complexity index is 417. The first-order chi connectivity index (χ1) is 8.31. The van der Waals surface area contributed by atoms with Crippen molar-refractivity contribution in [3.63, 3.8) is 0 Å². The van der Waals surface area contributed by atoms with Gasteiger partial charge in [0, 0.05) is 12.1 Å². The molecule has 0 heterocycles. The summed E-state index contributed by atoms with van der Waals surface area (Å²) in [5.74, 6) is 0.985. The molecule has 2 N–H and O–H groups in total. The molecular weight excluding hydrogens is 224 g/mol. The van der Waals surface area contributed by atoms with Crippen LogP contribution in [0.3, 0.4) is 0 Å². The van der Waals surface area contributed by atoms with Crippen LogP contribution in [0.2, 0.25) is 0 Å². The topological polar surface area (TPSA) is 38.5 Å². The Morgan fingerprint density at radius 3 is 2.11 bits per heavy atom. The lowest BCUT2D eigenvalue weighted by atomic mass is 9.90. The molecular formula is C15H26N2O. The highest BCUT2D eigenvalue weighted by atomic mass is 16.5. The zero-order valence-electron chi connectivity index (χ0n) is 12.7. The van der Waals surface area contributed by atoms with Gasteiger partial charge >= 0.3 is 0 Å². The number of likely N-dealkylation sites (N-methyl/N-ethyl adjacent to an activating group) is 1. The summed E-state index contributed by atoms with van der Waals surface area (Å²) in [7, 11) is 5.87. The van der Waals surface area contributed by atoms with E-state index in [4.69, 9.17) is 10.5 Å². The van der Waals surface area contributed by atoms with Crippen molar-refractivity contribution in [1.29, 1.82) is 0 Å². The average molecular weight is 250 g/mol. The first kappa shape index (κ1) is 15.0. The van der Waals surface area contributed by atoms with Crippen molar-refractivity contribution in [1.82, 2.24) is 4.90 Å². The molecule has 0 saturated heterocycles. The summed E-state index contributed by atoms with van der Waals surface area (Å²) in [6, 6.07) is 2.52. The smallest absolute Gasteiger partial charge is 0.124 e. The largest absolute Gasteiger partial charge is 0.496 e. The van der Waals surface area contributed by atoms with Gasteiger partial charge in [0.25, 0.3) is 0 Å². The van der Waals surface area contributed by atoms with Gasteiger partial charge in [0.15, 0.2) is 0 Å². The summed E-state index contributed by atoms with van der Waals surface area (Å²) < 4.78 is 5.47. The van der Waals surface area contributed by atoms with Crippen molar-refractivity contribution in [2.75, 3.05) is 21.2 Å². The van der Waals surface area contributed by atoms with Crippen molar-refractivity contribution in [2.24, 2.45) is 5.73 Å². The fraction of sp³-hybridized carbons (Fsp3) is 0.600. The molecule has 2 unspecified atom stereocenters. The van der Waals surface area contributed by atoms with Crippen molar-refractivity contribution in [3.05, 3.63) is 28.3 Å². The lowest BCUT2D eigenvalue weighted by Gasteiger charge is -2.31. The zero-order chi connectivity index (χ0) is 14.0. The third kappa shape index (κ3) is 2.68. The molecule has 0 spiro atoms. The molecule has 3 nitrogen and oxygen atoms in total. The van der Waals surface area contributed by atoms with Gasteiger partial charge in [0.05, 0.1) is 7.11 Å². The van der Waals surface area contributed by atoms with Crippen molar-refractivity contribution in [2.45, 2.75) is 39.8 Å².